The molecule has 0 saturated heterocycles. The van der Waals surface area contributed by atoms with Crippen LogP contribution in [0.5, 0.6) is 5.75 Å². The summed E-state index contributed by atoms with van der Waals surface area (Å²) >= 11 is 0. The second kappa shape index (κ2) is 8.83. The molecule has 3 N–H and O–H groups in total. The van der Waals surface area contributed by atoms with Gasteiger partial charge in [-0.2, -0.15) is 0 Å². The summed E-state index contributed by atoms with van der Waals surface area (Å²) in [5.41, 5.74) is 0. The van der Waals surface area contributed by atoms with Crippen LogP contribution >= 0.6 is 0 Å². The van der Waals surface area contributed by atoms with Crippen molar-refractivity contribution in [2.24, 2.45) is 0 Å². The number of aromatic nitrogens is 2. The monoisotopic (exact) mass is 296 g/mol. The van der Waals surface area contributed by atoms with Gasteiger partial charge in [0.1, 0.15) is 6.33 Å². The van der Waals surface area contributed by atoms with E-state index in [0.717, 1.165) is 13.0 Å². The zero-order chi connectivity index (χ0) is 15.7. The highest BCUT2D eigenvalue weighted by Crippen LogP contribution is 2.28. The molecule has 0 atom stereocenters. The number of urea groups is 1. The zero-order valence-electron chi connectivity index (χ0n) is 13.1. The van der Waals surface area contributed by atoms with E-state index in [9.17, 15) is 4.79 Å². The number of hydrogen-bond acceptors (Lipinski definition) is 6. The minimum atomic E-state index is -0.128. The molecule has 1 aromatic heterocycles. The van der Waals surface area contributed by atoms with Crippen LogP contribution in [-0.2, 0) is 0 Å². The quantitative estimate of drug-likeness (QED) is 0.620. The Bertz CT molecular complexity index is 452. The molecular weight excluding hydrogens is 272 g/mol. The maximum atomic E-state index is 11.4. The second-order valence-corrected chi connectivity index (χ2v) is 4.58. The number of methoxy groups -OCH3 is 1. The number of anilines is 2. The maximum absolute atomic E-state index is 11.4. The average Bonchev–Trinajstić information content (AvgIpc) is 2.48. The van der Waals surface area contributed by atoms with E-state index in [-0.39, 0.29) is 6.03 Å². The van der Waals surface area contributed by atoms with Crippen molar-refractivity contribution in [3.63, 3.8) is 0 Å². The molecule has 0 aliphatic rings. The number of carbonyl (C=O) groups excluding carboxylic acids is 1. The van der Waals surface area contributed by atoms with Crippen molar-refractivity contribution in [3.8, 4) is 5.75 Å². The van der Waals surface area contributed by atoms with E-state index in [4.69, 9.17) is 4.74 Å². The molecule has 0 bridgehead atoms. The van der Waals surface area contributed by atoms with Gasteiger partial charge in [0.05, 0.1) is 7.11 Å². The summed E-state index contributed by atoms with van der Waals surface area (Å²) in [7, 11) is 4.97. The Hall–Kier alpha value is -2.25. The summed E-state index contributed by atoms with van der Waals surface area (Å²) in [6.07, 6.45) is 2.47. The molecule has 0 aromatic carbocycles. The van der Waals surface area contributed by atoms with E-state index < -0.39 is 0 Å². The van der Waals surface area contributed by atoms with Gasteiger partial charge < -0.3 is 25.6 Å². The van der Waals surface area contributed by atoms with E-state index >= 15 is 0 Å². The first-order chi connectivity index (χ1) is 10.1. The van der Waals surface area contributed by atoms with Crippen LogP contribution in [0.25, 0.3) is 0 Å². The molecule has 8 heteroatoms. The Labute approximate surface area is 125 Å². The minimum Gasteiger partial charge on any atom is -0.490 e. The fourth-order valence-corrected chi connectivity index (χ4v) is 1.57. The van der Waals surface area contributed by atoms with Crippen LogP contribution in [-0.4, -0.2) is 61.7 Å². The van der Waals surface area contributed by atoms with Gasteiger partial charge in [-0.15, -0.1) is 0 Å². The lowest BCUT2D eigenvalue weighted by atomic mass is 10.4. The van der Waals surface area contributed by atoms with Gasteiger partial charge in [0.25, 0.3) is 0 Å². The predicted octanol–water partition coefficient (Wildman–Crippen LogP) is 0.990. The van der Waals surface area contributed by atoms with Gasteiger partial charge in [-0.25, -0.2) is 14.8 Å². The van der Waals surface area contributed by atoms with Gasteiger partial charge >= 0.3 is 6.03 Å². The number of carbonyl (C=O) groups is 1. The molecule has 0 aliphatic heterocycles. The number of hydrogen-bond donors (Lipinski definition) is 3. The first-order valence-electron chi connectivity index (χ1n) is 6.92. The molecule has 2 amide bonds. The molecule has 1 heterocycles. The van der Waals surface area contributed by atoms with Crippen LogP contribution in [0.4, 0.5) is 16.4 Å². The smallest absolute Gasteiger partial charge is 0.316 e. The summed E-state index contributed by atoms with van der Waals surface area (Å²) < 4.78 is 5.34. The topological polar surface area (TPSA) is 91.4 Å². The Kier molecular flexibility index (Phi) is 7.06. The lowest BCUT2D eigenvalue weighted by molar-refractivity contribution is 0.218. The first kappa shape index (κ1) is 16.8. The minimum absolute atomic E-state index is 0.128. The van der Waals surface area contributed by atoms with Gasteiger partial charge in [0.2, 0.25) is 5.75 Å². The molecule has 0 radical (unpaired) electrons. The van der Waals surface area contributed by atoms with Crippen molar-refractivity contribution in [2.45, 2.75) is 13.3 Å². The van der Waals surface area contributed by atoms with Crippen molar-refractivity contribution < 1.29 is 9.53 Å². The van der Waals surface area contributed by atoms with Gasteiger partial charge in [0, 0.05) is 33.7 Å². The molecule has 21 heavy (non-hydrogen) atoms. The van der Waals surface area contributed by atoms with E-state index in [1.807, 2.05) is 0 Å². The standard InChI is InChI=1S/C13H24N6O2/c1-5-6-14-11-10(21-4)12(18-9-17-11)15-7-8-16-13(20)19(2)3/h9H,5-8H2,1-4H3,(H,16,20)(H2,14,15,17,18). The first-order valence-corrected chi connectivity index (χ1v) is 6.92. The molecule has 0 saturated carbocycles. The fraction of sp³-hybridized carbons (Fsp3) is 0.615. The largest absolute Gasteiger partial charge is 0.490 e. The number of nitrogens with zero attached hydrogens (tertiary/aromatic N) is 3. The summed E-state index contributed by atoms with van der Waals surface area (Å²) in [6, 6.07) is -0.128. The third-order valence-electron chi connectivity index (χ3n) is 2.65. The lowest BCUT2D eigenvalue weighted by Gasteiger charge is -2.15. The summed E-state index contributed by atoms with van der Waals surface area (Å²) in [6.45, 7) is 3.92. The summed E-state index contributed by atoms with van der Waals surface area (Å²) in [4.78, 5) is 21.2. The van der Waals surface area contributed by atoms with Crippen LogP contribution in [0.3, 0.4) is 0 Å². The van der Waals surface area contributed by atoms with Gasteiger partial charge in [-0.05, 0) is 6.42 Å². The molecule has 118 valence electrons. The number of amides is 2. The third kappa shape index (κ3) is 5.33. The van der Waals surface area contributed by atoms with Crippen LogP contribution < -0.4 is 20.7 Å². The Morgan fingerprint density at radius 2 is 1.81 bits per heavy atom. The van der Waals surface area contributed by atoms with Crippen molar-refractivity contribution in [1.82, 2.24) is 20.2 Å². The van der Waals surface area contributed by atoms with Crippen LogP contribution in [0.1, 0.15) is 13.3 Å². The maximum Gasteiger partial charge on any atom is 0.316 e. The SMILES string of the molecule is CCCNc1ncnc(NCCNC(=O)N(C)C)c1OC. The Balaban J connectivity index is 2.56. The predicted molar refractivity (Wildman–Crippen MR) is 82.9 cm³/mol. The Morgan fingerprint density at radius 1 is 1.19 bits per heavy atom. The zero-order valence-corrected chi connectivity index (χ0v) is 13.1. The van der Waals surface area contributed by atoms with Crippen molar-refractivity contribution in [1.29, 1.82) is 0 Å². The molecule has 0 unspecified atom stereocenters. The van der Waals surface area contributed by atoms with Crippen LogP contribution in [0, 0.1) is 0 Å². The highest BCUT2D eigenvalue weighted by molar-refractivity contribution is 5.73. The third-order valence-corrected chi connectivity index (χ3v) is 2.65. The van der Waals surface area contributed by atoms with Crippen molar-refractivity contribution in [3.05, 3.63) is 6.33 Å². The number of ether oxygens (including phenoxy) is 1. The van der Waals surface area contributed by atoms with Crippen molar-refractivity contribution in [2.75, 3.05) is 51.5 Å². The van der Waals surface area contributed by atoms with Crippen molar-refractivity contribution >= 4 is 17.7 Å². The highest BCUT2D eigenvalue weighted by atomic mass is 16.5. The van der Waals surface area contributed by atoms with E-state index in [0.29, 0.717) is 30.5 Å². The molecule has 8 nitrogen and oxygen atoms in total. The number of nitrogens with one attached hydrogen (secondary N) is 3. The summed E-state index contributed by atoms with van der Waals surface area (Å²) in [5, 5.41) is 9.07. The molecule has 0 fully saturated rings. The second-order valence-electron chi connectivity index (χ2n) is 4.58. The molecule has 1 aromatic rings. The molecule has 0 aliphatic carbocycles. The van der Waals surface area contributed by atoms with Crippen LogP contribution in [0.2, 0.25) is 0 Å². The average molecular weight is 296 g/mol. The number of rotatable bonds is 8. The fourth-order valence-electron chi connectivity index (χ4n) is 1.57. The van der Waals surface area contributed by atoms with E-state index in [1.54, 1.807) is 21.2 Å². The molecular formula is C13H24N6O2. The van der Waals surface area contributed by atoms with Gasteiger partial charge in [-0.3, -0.25) is 0 Å². The molecule has 1 rings (SSSR count). The van der Waals surface area contributed by atoms with E-state index in [1.165, 1.54) is 11.2 Å². The van der Waals surface area contributed by atoms with E-state index in [2.05, 4.69) is 32.8 Å². The highest BCUT2D eigenvalue weighted by Gasteiger charge is 2.11. The van der Waals surface area contributed by atoms with Gasteiger partial charge in [-0.1, -0.05) is 6.92 Å². The molecule has 0 spiro atoms. The van der Waals surface area contributed by atoms with Gasteiger partial charge in [0.15, 0.2) is 11.6 Å². The summed E-state index contributed by atoms with van der Waals surface area (Å²) in [5.74, 6) is 1.84. The Morgan fingerprint density at radius 3 is 2.33 bits per heavy atom. The normalized spacial score (nSPS) is 9.90. The van der Waals surface area contributed by atoms with Crippen LogP contribution in [0.15, 0.2) is 6.33 Å². The lowest BCUT2D eigenvalue weighted by Crippen LogP contribution is -2.37.